The third kappa shape index (κ3) is 7.72. The van der Waals surface area contributed by atoms with Gasteiger partial charge in [-0.05, 0) is 30.4 Å². The number of benzene rings is 1. The van der Waals surface area contributed by atoms with Gasteiger partial charge in [0, 0.05) is 0 Å². The van der Waals surface area contributed by atoms with Crippen LogP contribution in [0.25, 0.3) is 0 Å². The molecule has 0 amide bonds. The van der Waals surface area contributed by atoms with E-state index in [1.54, 1.807) is 6.07 Å². The molecule has 0 bridgehead atoms. The molecule has 3 N–H and O–H groups in total. The Morgan fingerprint density at radius 3 is 2.32 bits per heavy atom. The molecule has 0 heterocycles. The number of unbranched alkanes of at least 4 members (excludes halogenated alkanes) is 6. The summed E-state index contributed by atoms with van der Waals surface area (Å²) in [6.45, 7) is 4.63. The van der Waals surface area contributed by atoms with Crippen LogP contribution < -0.4 is 5.73 Å². The Bertz CT molecular complexity index is 403. The summed E-state index contributed by atoms with van der Waals surface area (Å²) in [5.41, 5.74) is 7.54. The van der Waals surface area contributed by atoms with Crippen LogP contribution in [0.5, 0.6) is 5.75 Å². The minimum atomic E-state index is 0.216. The van der Waals surface area contributed by atoms with Gasteiger partial charge in [-0.3, -0.25) is 0 Å². The van der Waals surface area contributed by atoms with Gasteiger partial charge in [0.05, 0.1) is 5.69 Å². The summed E-state index contributed by atoms with van der Waals surface area (Å²) in [4.78, 5) is 0. The van der Waals surface area contributed by atoms with Gasteiger partial charge in [-0.2, -0.15) is 0 Å². The van der Waals surface area contributed by atoms with E-state index in [0.29, 0.717) is 5.69 Å². The number of hydrogen-bond acceptors (Lipinski definition) is 2. The fourth-order valence-electron chi connectivity index (χ4n) is 3.05. The average Bonchev–Trinajstić information content (AvgIpc) is 2.50. The van der Waals surface area contributed by atoms with E-state index >= 15 is 0 Å². The Labute approximate surface area is 137 Å². The summed E-state index contributed by atoms with van der Waals surface area (Å²) < 4.78 is 0. The molecule has 0 aliphatic heterocycles. The average molecular weight is 306 g/mol. The number of para-hydroxylation sites is 1. The maximum atomic E-state index is 9.60. The first-order chi connectivity index (χ1) is 10.6. The summed E-state index contributed by atoms with van der Waals surface area (Å²) in [7, 11) is 0. The molecule has 0 aliphatic carbocycles. The van der Waals surface area contributed by atoms with E-state index in [2.05, 4.69) is 13.8 Å². The van der Waals surface area contributed by atoms with E-state index in [1.165, 1.54) is 57.8 Å². The van der Waals surface area contributed by atoms with Crippen molar-refractivity contribution in [3.05, 3.63) is 23.8 Å². The van der Waals surface area contributed by atoms with Gasteiger partial charge in [0.15, 0.2) is 0 Å². The number of anilines is 1. The molecule has 1 unspecified atom stereocenters. The van der Waals surface area contributed by atoms with Crippen molar-refractivity contribution < 1.29 is 5.11 Å². The van der Waals surface area contributed by atoms with Crippen molar-refractivity contribution in [2.75, 3.05) is 5.73 Å². The van der Waals surface area contributed by atoms with Crippen molar-refractivity contribution in [1.29, 1.82) is 0 Å². The molecule has 2 heteroatoms. The molecule has 22 heavy (non-hydrogen) atoms. The van der Waals surface area contributed by atoms with Crippen LogP contribution >= 0.6 is 0 Å². The molecule has 126 valence electrons. The smallest absolute Gasteiger partial charge is 0.138 e. The molecule has 0 spiro atoms. The first-order valence-electron chi connectivity index (χ1n) is 9.21. The molecular weight excluding hydrogens is 270 g/mol. The lowest BCUT2D eigenvalue weighted by atomic mass is 9.95. The number of aromatic hydroxyl groups is 1. The van der Waals surface area contributed by atoms with Crippen LogP contribution in [0.1, 0.15) is 83.6 Å². The van der Waals surface area contributed by atoms with Crippen LogP contribution in [-0.2, 0) is 6.42 Å². The highest BCUT2D eigenvalue weighted by molar-refractivity contribution is 5.57. The van der Waals surface area contributed by atoms with Crippen LogP contribution in [0.4, 0.5) is 5.69 Å². The normalized spacial score (nSPS) is 12.5. The molecule has 0 saturated heterocycles. The summed E-state index contributed by atoms with van der Waals surface area (Å²) in [6.07, 6.45) is 14.5. The highest BCUT2D eigenvalue weighted by Gasteiger charge is 2.06. The molecule has 0 aliphatic rings. The van der Waals surface area contributed by atoms with E-state index in [-0.39, 0.29) is 5.75 Å². The van der Waals surface area contributed by atoms with E-state index < -0.39 is 0 Å². The molecule has 0 fully saturated rings. The lowest BCUT2D eigenvalue weighted by Gasteiger charge is -2.12. The van der Waals surface area contributed by atoms with E-state index in [0.717, 1.165) is 24.3 Å². The maximum Gasteiger partial charge on any atom is 0.138 e. The predicted molar refractivity (Wildman–Crippen MR) is 97.2 cm³/mol. The maximum absolute atomic E-state index is 9.60. The van der Waals surface area contributed by atoms with Crippen molar-refractivity contribution in [3.63, 3.8) is 0 Å². The zero-order valence-corrected chi connectivity index (χ0v) is 14.6. The number of hydrogen-bond donors (Lipinski definition) is 2. The molecule has 1 aromatic carbocycles. The summed E-state index contributed by atoms with van der Waals surface area (Å²) in [5, 5.41) is 9.60. The Morgan fingerprint density at radius 1 is 0.955 bits per heavy atom. The molecule has 0 saturated carbocycles. The largest absolute Gasteiger partial charge is 0.506 e. The number of nitrogen functional groups attached to an aromatic ring is 1. The van der Waals surface area contributed by atoms with Gasteiger partial charge < -0.3 is 10.8 Å². The molecule has 0 radical (unpaired) electrons. The van der Waals surface area contributed by atoms with Crippen LogP contribution in [0.3, 0.4) is 0 Å². The van der Waals surface area contributed by atoms with Gasteiger partial charge in [-0.25, -0.2) is 0 Å². The predicted octanol–water partition coefficient (Wildman–Crippen LogP) is 6.07. The van der Waals surface area contributed by atoms with Crippen LogP contribution in [0.15, 0.2) is 18.2 Å². The minimum Gasteiger partial charge on any atom is -0.506 e. The van der Waals surface area contributed by atoms with Crippen LogP contribution in [-0.4, -0.2) is 5.11 Å². The molecule has 2 nitrogen and oxygen atoms in total. The van der Waals surface area contributed by atoms with Gasteiger partial charge in [0.25, 0.3) is 0 Å². The lowest BCUT2D eigenvalue weighted by Crippen LogP contribution is -1.99. The topological polar surface area (TPSA) is 46.2 Å². The van der Waals surface area contributed by atoms with Gasteiger partial charge in [-0.1, -0.05) is 83.8 Å². The summed E-state index contributed by atoms with van der Waals surface area (Å²) in [5.74, 6) is 1.02. The van der Waals surface area contributed by atoms with Crippen LogP contribution in [0, 0.1) is 5.92 Å². The lowest BCUT2D eigenvalue weighted by molar-refractivity contribution is 0.443. The van der Waals surface area contributed by atoms with Gasteiger partial charge >= 0.3 is 0 Å². The molecule has 1 rings (SSSR count). The van der Waals surface area contributed by atoms with Crippen molar-refractivity contribution in [2.24, 2.45) is 5.92 Å². The zero-order valence-electron chi connectivity index (χ0n) is 14.6. The zero-order chi connectivity index (χ0) is 16.2. The molecule has 1 aromatic rings. The third-order valence-electron chi connectivity index (χ3n) is 4.62. The summed E-state index contributed by atoms with van der Waals surface area (Å²) >= 11 is 0. The Hall–Kier alpha value is -1.18. The second kappa shape index (κ2) is 11.4. The highest BCUT2D eigenvalue weighted by Crippen LogP contribution is 2.25. The SMILES string of the molecule is CCCCCCCCCC(C)CCCc1cccc(O)c1N. The van der Waals surface area contributed by atoms with Crippen molar-refractivity contribution >= 4 is 5.69 Å². The van der Waals surface area contributed by atoms with E-state index in [1.807, 2.05) is 12.1 Å². The first kappa shape index (κ1) is 18.9. The molecular formula is C20H35NO. The standard InChI is InChI=1S/C20H35NO/c1-3-4-5-6-7-8-9-12-17(2)13-10-14-18-15-11-16-19(22)20(18)21/h11,15-17,22H,3-10,12-14,21H2,1-2H3. The monoisotopic (exact) mass is 305 g/mol. The van der Waals surface area contributed by atoms with Crippen molar-refractivity contribution in [1.82, 2.24) is 0 Å². The van der Waals surface area contributed by atoms with Crippen molar-refractivity contribution in [3.8, 4) is 5.75 Å². The van der Waals surface area contributed by atoms with Crippen LogP contribution in [0.2, 0.25) is 0 Å². The number of nitrogens with two attached hydrogens (primary N) is 1. The second-order valence-electron chi connectivity index (χ2n) is 6.76. The number of rotatable bonds is 12. The van der Waals surface area contributed by atoms with E-state index in [9.17, 15) is 5.11 Å². The first-order valence-corrected chi connectivity index (χ1v) is 9.21. The fraction of sp³-hybridized carbons (Fsp3) is 0.700. The summed E-state index contributed by atoms with van der Waals surface area (Å²) in [6, 6.07) is 5.56. The van der Waals surface area contributed by atoms with Gasteiger partial charge in [0.1, 0.15) is 5.75 Å². The number of aryl methyl sites for hydroxylation is 1. The number of phenolic OH excluding ortho intramolecular Hbond substituents is 1. The van der Waals surface area contributed by atoms with Gasteiger partial charge in [0.2, 0.25) is 0 Å². The minimum absolute atomic E-state index is 0.216. The second-order valence-corrected chi connectivity index (χ2v) is 6.76. The Kier molecular flexibility index (Phi) is 9.77. The Balaban J connectivity index is 2.06. The number of phenols is 1. The molecule has 1 atom stereocenters. The highest BCUT2D eigenvalue weighted by atomic mass is 16.3. The van der Waals surface area contributed by atoms with E-state index in [4.69, 9.17) is 5.73 Å². The third-order valence-corrected chi connectivity index (χ3v) is 4.62. The molecule has 0 aromatic heterocycles. The van der Waals surface area contributed by atoms with Crippen molar-refractivity contribution in [2.45, 2.75) is 84.5 Å². The quantitative estimate of drug-likeness (QED) is 0.279. The Morgan fingerprint density at radius 2 is 1.59 bits per heavy atom. The fourth-order valence-corrected chi connectivity index (χ4v) is 3.05. The van der Waals surface area contributed by atoms with Gasteiger partial charge in [-0.15, -0.1) is 0 Å².